The summed E-state index contributed by atoms with van der Waals surface area (Å²) in [4.78, 5) is 31.7. The Morgan fingerprint density at radius 1 is 1.25 bits per heavy atom. The molecule has 4 rings (SSSR count). The first kappa shape index (κ1) is 18.9. The second kappa shape index (κ2) is 6.29. The maximum absolute atomic E-state index is 13.6. The maximum Gasteiger partial charge on any atom is 0.326 e. The Morgan fingerprint density at radius 2 is 1.89 bits per heavy atom. The van der Waals surface area contributed by atoms with E-state index in [1.807, 2.05) is 17.7 Å². The van der Waals surface area contributed by atoms with Crippen molar-refractivity contribution in [3.63, 3.8) is 0 Å². The molecule has 1 amide bonds. The maximum atomic E-state index is 13.6. The highest BCUT2D eigenvalue weighted by molar-refractivity contribution is 6.07. The van der Waals surface area contributed by atoms with Gasteiger partial charge in [-0.2, -0.15) is 5.10 Å². The second-order valence-electron chi connectivity index (χ2n) is 9.19. The van der Waals surface area contributed by atoms with Gasteiger partial charge in [0.1, 0.15) is 6.04 Å². The van der Waals surface area contributed by atoms with Gasteiger partial charge in [-0.3, -0.25) is 4.79 Å². The third-order valence-electron chi connectivity index (χ3n) is 5.64. The molecule has 1 atom stereocenters. The summed E-state index contributed by atoms with van der Waals surface area (Å²) in [6.45, 7) is 9.67. The molecule has 0 saturated heterocycles. The van der Waals surface area contributed by atoms with Gasteiger partial charge >= 0.3 is 5.97 Å². The molecular weight excluding hydrogens is 356 g/mol. The molecule has 2 fully saturated rings. The van der Waals surface area contributed by atoms with Crippen molar-refractivity contribution in [2.75, 3.05) is 0 Å². The Kier molecular flexibility index (Phi) is 4.25. The molecule has 28 heavy (non-hydrogen) atoms. The van der Waals surface area contributed by atoms with E-state index in [0.29, 0.717) is 11.5 Å². The number of hydrogen-bond acceptors (Lipinski definition) is 4. The molecule has 150 valence electrons. The van der Waals surface area contributed by atoms with Crippen LogP contribution in [0, 0.1) is 6.92 Å². The Hall–Kier alpha value is -2.44. The van der Waals surface area contributed by atoms with Crippen LogP contribution in [0.1, 0.15) is 81.0 Å². The summed E-state index contributed by atoms with van der Waals surface area (Å²) in [7, 11) is 0. The van der Waals surface area contributed by atoms with Crippen molar-refractivity contribution in [1.82, 2.24) is 19.7 Å². The number of aromatic nitrogens is 3. The minimum atomic E-state index is -0.977. The van der Waals surface area contributed by atoms with Crippen LogP contribution < -0.4 is 0 Å². The van der Waals surface area contributed by atoms with Crippen LogP contribution in [0.5, 0.6) is 0 Å². The standard InChI is InChI=1S/C21H28N4O3/c1-11-17-15(19(26)24(14-8-9-14)12(2)20(27)28)10-16(13-6-7-13)22-18(17)25(23-11)21(3,4)5/h10,12-14H,6-9H2,1-5H3,(H,27,28). The van der Waals surface area contributed by atoms with Crippen LogP contribution in [0.4, 0.5) is 0 Å². The zero-order valence-corrected chi connectivity index (χ0v) is 17.2. The molecule has 2 saturated carbocycles. The van der Waals surface area contributed by atoms with Gasteiger partial charge in [0.05, 0.1) is 22.2 Å². The Balaban J connectivity index is 1.91. The molecule has 0 aliphatic heterocycles. The first-order valence-corrected chi connectivity index (χ1v) is 10.1. The summed E-state index contributed by atoms with van der Waals surface area (Å²) in [6, 6.07) is 1.03. The predicted molar refractivity (Wildman–Crippen MR) is 106 cm³/mol. The van der Waals surface area contributed by atoms with Gasteiger partial charge in [-0.15, -0.1) is 0 Å². The van der Waals surface area contributed by atoms with Gasteiger partial charge in [-0.25, -0.2) is 14.5 Å². The molecular formula is C21H28N4O3. The molecule has 2 aromatic heterocycles. The van der Waals surface area contributed by atoms with Crippen molar-refractivity contribution in [1.29, 1.82) is 0 Å². The number of aliphatic carboxylic acids is 1. The van der Waals surface area contributed by atoms with E-state index in [4.69, 9.17) is 10.1 Å². The fourth-order valence-corrected chi connectivity index (χ4v) is 3.80. The SMILES string of the molecule is Cc1nn(C(C)(C)C)c2nc(C3CC3)cc(C(=O)N(C3CC3)C(C)C(=O)O)c12. The zero-order valence-electron chi connectivity index (χ0n) is 17.2. The second-order valence-corrected chi connectivity index (χ2v) is 9.19. The topological polar surface area (TPSA) is 88.3 Å². The summed E-state index contributed by atoms with van der Waals surface area (Å²) < 4.78 is 1.89. The fourth-order valence-electron chi connectivity index (χ4n) is 3.80. The van der Waals surface area contributed by atoms with E-state index in [2.05, 4.69) is 20.8 Å². The number of carbonyl (C=O) groups excluding carboxylic acids is 1. The molecule has 2 heterocycles. The molecule has 7 heteroatoms. The minimum Gasteiger partial charge on any atom is -0.480 e. The normalized spacial score (nSPS) is 18.3. The first-order chi connectivity index (χ1) is 13.1. The third kappa shape index (κ3) is 3.16. The molecule has 7 nitrogen and oxygen atoms in total. The molecule has 0 aromatic carbocycles. The Bertz CT molecular complexity index is 964. The van der Waals surface area contributed by atoms with Gasteiger partial charge < -0.3 is 10.0 Å². The van der Waals surface area contributed by atoms with Crippen molar-refractivity contribution in [3.05, 3.63) is 23.0 Å². The van der Waals surface area contributed by atoms with E-state index in [1.165, 1.54) is 0 Å². The van der Waals surface area contributed by atoms with Gasteiger partial charge in [0.2, 0.25) is 0 Å². The van der Waals surface area contributed by atoms with Gasteiger partial charge in [0.15, 0.2) is 5.65 Å². The molecule has 2 aromatic rings. The summed E-state index contributed by atoms with van der Waals surface area (Å²) >= 11 is 0. The molecule has 2 aliphatic carbocycles. The lowest BCUT2D eigenvalue weighted by Gasteiger charge is -2.27. The summed E-state index contributed by atoms with van der Waals surface area (Å²) in [5, 5.41) is 15.0. The Labute approximate surface area is 164 Å². The van der Waals surface area contributed by atoms with E-state index >= 15 is 0 Å². The van der Waals surface area contributed by atoms with Crippen LogP contribution in [0.3, 0.4) is 0 Å². The predicted octanol–water partition coefficient (Wildman–Crippen LogP) is 3.45. The average Bonchev–Trinajstić information content (AvgIpc) is 3.51. The smallest absolute Gasteiger partial charge is 0.326 e. The molecule has 1 unspecified atom stereocenters. The highest BCUT2D eigenvalue weighted by atomic mass is 16.4. The van der Waals surface area contributed by atoms with Gasteiger partial charge in [-0.05, 0) is 66.4 Å². The van der Waals surface area contributed by atoms with Crippen LogP contribution in [0.25, 0.3) is 11.0 Å². The Morgan fingerprint density at radius 3 is 2.39 bits per heavy atom. The number of rotatable bonds is 5. The van der Waals surface area contributed by atoms with E-state index in [9.17, 15) is 14.7 Å². The number of pyridine rings is 1. The zero-order chi connectivity index (χ0) is 20.4. The highest BCUT2D eigenvalue weighted by Crippen LogP contribution is 2.41. The number of amides is 1. The van der Waals surface area contributed by atoms with Gasteiger partial charge in [0.25, 0.3) is 5.91 Å². The monoisotopic (exact) mass is 384 g/mol. The van der Waals surface area contributed by atoms with Gasteiger partial charge in [0, 0.05) is 17.7 Å². The van der Waals surface area contributed by atoms with Crippen LogP contribution in [-0.4, -0.2) is 48.7 Å². The summed E-state index contributed by atoms with van der Waals surface area (Å²) in [5.41, 5.74) is 2.66. The van der Waals surface area contributed by atoms with Crippen molar-refractivity contribution in [2.24, 2.45) is 0 Å². The molecule has 1 N–H and O–H groups in total. The van der Waals surface area contributed by atoms with Crippen LogP contribution >= 0.6 is 0 Å². The van der Waals surface area contributed by atoms with E-state index in [-0.39, 0.29) is 17.5 Å². The minimum absolute atomic E-state index is 0.00385. The quantitative estimate of drug-likeness (QED) is 0.853. The lowest BCUT2D eigenvalue weighted by Crippen LogP contribution is -2.44. The van der Waals surface area contributed by atoms with E-state index < -0.39 is 12.0 Å². The average molecular weight is 384 g/mol. The number of carbonyl (C=O) groups is 2. The number of carboxylic acids is 1. The lowest BCUT2D eigenvalue weighted by atomic mass is 10.0. The number of fused-ring (bicyclic) bond motifs is 1. The largest absolute Gasteiger partial charge is 0.480 e. The first-order valence-electron chi connectivity index (χ1n) is 10.1. The van der Waals surface area contributed by atoms with Crippen molar-refractivity contribution < 1.29 is 14.7 Å². The number of nitrogens with zero attached hydrogens (tertiary/aromatic N) is 4. The molecule has 0 radical (unpaired) electrons. The van der Waals surface area contributed by atoms with Crippen LogP contribution in [-0.2, 0) is 10.3 Å². The number of hydrogen-bond donors (Lipinski definition) is 1. The number of carboxylic acid groups (broad SMARTS) is 1. The van der Waals surface area contributed by atoms with Crippen LogP contribution in [0.15, 0.2) is 6.07 Å². The summed E-state index contributed by atoms with van der Waals surface area (Å²) in [5.74, 6) is -0.816. The molecule has 2 aliphatic rings. The van der Waals surface area contributed by atoms with Crippen LogP contribution in [0.2, 0.25) is 0 Å². The van der Waals surface area contributed by atoms with Crippen molar-refractivity contribution >= 4 is 22.9 Å². The van der Waals surface area contributed by atoms with Gasteiger partial charge in [-0.1, -0.05) is 0 Å². The fraction of sp³-hybridized carbons (Fsp3) is 0.619. The molecule has 0 spiro atoms. The van der Waals surface area contributed by atoms with E-state index in [1.54, 1.807) is 11.8 Å². The molecule has 0 bridgehead atoms. The highest BCUT2D eigenvalue weighted by Gasteiger charge is 2.40. The third-order valence-corrected chi connectivity index (χ3v) is 5.64. The van der Waals surface area contributed by atoms with E-state index in [0.717, 1.165) is 48.1 Å². The van der Waals surface area contributed by atoms with Crippen molar-refractivity contribution in [3.8, 4) is 0 Å². The summed E-state index contributed by atoms with van der Waals surface area (Å²) in [6.07, 6.45) is 3.86. The lowest BCUT2D eigenvalue weighted by molar-refractivity contribution is -0.141. The number of aryl methyl sites for hydroxylation is 1. The van der Waals surface area contributed by atoms with Crippen molar-refractivity contribution in [2.45, 2.75) is 83.8 Å².